The average molecular weight is 570 g/mol. The van der Waals surface area contributed by atoms with Gasteiger partial charge in [-0.1, -0.05) is 18.2 Å². The zero-order valence-corrected chi connectivity index (χ0v) is 22.7. The minimum Gasteiger partial charge on any atom is -0.468 e. The molecule has 0 spiro atoms. The van der Waals surface area contributed by atoms with Crippen LogP contribution in [0.1, 0.15) is 25.9 Å². The number of carbonyl (C=O) groups excluding carboxylic acids is 1. The highest BCUT2D eigenvalue weighted by atomic mass is 31.2. The lowest BCUT2D eigenvalue weighted by atomic mass is 9.97. The number of aliphatic hydroxyl groups excluding tert-OH is 1. The molecule has 3 N–H and O–H groups in total. The molecule has 3 heterocycles. The van der Waals surface area contributed by atoms with E-state index in [4.69, 9.17) is 13.8 Å². The van der Waals surface area contributed by atoms with Gasteiger partial charge in [-0.2, -0.15) is 5.09 Å². The second kappa shape index (κ2) is 10.7. The van der Waals surface area contributed by atoms with E-state index < -0.39 is 50.2 Å². The quantitative estimate of drug-likeness (QED) is 0.242. The van der Waals surface area contributed by atoms with E-state index in [1.54, 1.807) is 32.2 Å². The number of halogens is 2. The Bertz CT molecular complexity index is 1390. The van der Waals surface area contributed by atoms with Gasteiger partial charge in [-0.25, -0.2) is 28.3 Å². The molecule has 0 radical (unpaired) electrons. The van der Waals surface area contributed by atoms with Gasteiger partial charge in [-0.3, -0.25) is 13.9 Å². The summed E-state index contributed by atoms with van der Waals surface area (Å²) < 4.78 is 67.4. The molecule has 1 fully saturated rings. The van der Waals surface area contributed by atoms with Crippen LogP contribution < -0.4 is 14.9 Å². The van der Waals surface area contributed by atoms with Crippen molar-refractivity contribution in [2.24, 2.45) is 0 Å². The van der Waals surface area contributed by atoms with Gasteiger partial charge in [0.15, 0.2) is 35.0 Å². The van der Waals surface area contributed by atoms with E-state index in [-0.39, 0.29) is 16.9 Å². The Hall–Kier alpha value is -3.23. The number of ether oxygens (including phenoxy) is 2. The molecule has 1 aliphatic rings. The first-order chi connectivity index (χ1) is 18.3. The van der Waals surface area contributed by atoms with Crippen LogP contribution in [0.2, 0.25) is 0 Å². The minimum atomic E-state index is -4.52. The van der Waals surface area contributed by atoms with Crippen LogP contribution in [-0.4, -0.2) is 75.0 Å². The molecule has 39 heavy (non-hydrogen) atoms. The second-order valence-corrected chi connectivity index (χ2v) is 10.7. The van der Waals surface area contributed by atoms with Gasteiger partial charge in [0.2, 0.25) is 0 Å². The van der Waals surface area contributed by atoms with Crippen molar-refractivity contribution in [3.63, 3.8) is 0 Å². The third-order valence-electron chi connectivity index (χ3n) is 6.06. The molecule has 0 unspecified atom stereocenters. The molecule has 0 amide bonds. The highest BCUT2D eigenvalue weighted by Gasteiger charge is 2.65. The number of methoxy groups -OCH3 is 1. The largest absolute Gasteiger partial charge is 0.468 e. The van der Waals surface area contributed by atoms with Crippen molar-refractivity contribution in [1.29, 1.82) is 0 Å². The summed E-state index contributed by atoms with van der Waals surface area (Å²) >= 11 is 0. The summed E-state index contributed by atoms with van der Waals surface area (Å²) in [4.78, 5) is 24.6. The molecule has 16 heteroatoms. The molecule has 0 saturated carbocycles. The van der Waals surface area contributed by atoms with E-state index >= 15 is 8.78 Å². The zero-order chi connectivity index (χ0) is 28.6. The number of nitrogens with one attached hydrogen (secondary N) is 2. The highest BCUT2D eigenvalue weighted by molar-refractivity contribution is 7.52. The maximum absolute atomic E-state index is 16.1. The number of hydrogen-bond acceptors (Lipinski definition) is 11. The molecule has 1 aliphatic heterocycles. The van der Waals surface area contributed by atoms with Gasteiger partial charge in [-0.15, -0.1) is 0 Å². The van der Waals surface area contributed by atoms with Crippen LogP contribution in [0, 0.1) is 6.92 Å². The molecule has 13 nitrogen and oxygen atoms in total. The number of nitrogens with zero attached hydrogens (tertiary/aromatic N) is 4. The number of aliphatic hydroxyl groups is 1. The fraction of sp³-hybridized carbons (Fsp3) is 0.478. The number of aromatic nitrogens is 4. The molecule has 1 saturated heterocycles. The monoisotopic (exact) mass is 570 g/mol. The summed E-state index contributed by atoms with van der Waals surface area (Å²) in [5.74, 6) is -3.25. The first-order valence-corrected chi connectivity index (χ1v) is 13.4. The van der Waals surface area contributed by atoms with Crippen LogP contribution >= 0.6 is 7.75 Å². The number of benzene rings is 1. The molecular formula is C23H29F2N6O7P. The number of rotatable bonds is 10. The lowest BCUT2D eigenvalue weighted by Crippen LogP contribution is -2.47. The van der Waals surface area contributed by atoms with Crippen LogP contribution in [-0.2, 0) is 23.4 Å². The number of aryl methyl sites for hydroxylation is 1. The predicted molar refractivity (Wildman–Crippen MR) is 134 cm³/mol. The van der Waals surface area contributed by atoms with E-state index in [1.165, 1.54) is 25.4 Å². The lowest BCUT2D eigenvalue weighted by Gasteiger charge is -2.28. The van der Waals surface area contributed by atoms with E-state index in [0.717, 1.165) is 18.6 Å². The fourth-order valence-electron chi connectivity index (χ4n) is 4.08. The summed E-state index contributed by atoms with van der Waals surface area (Å²) in [6.07, 6.45) is -2.96. The zero-order valence-electron chi connectivity index (χ0n) is 21.8. The Labute approximate surface area is 222 Å². The maximum Gasteiger partial charge on any atom is 0.459 e. The highest BCUT2D eigenvalue weighted by Crippen LogP contribution is 2.52. The van der Waals surface area contributed by atoms with Crippen LogP contribution in [0.15, 0.2) is 36.7 Å². The van der Waals surface area contributed by atoms with Crippen LogP contribution in [0.4, 0.5) is 14.6 Å². The molecule has 2 aromatic heterocycles. The number of esters is 1. The van der Waals surface area contributed by atoms with Crippen molar-refractivity contribution >= 4 is 30.7 Å². The average Bonchev–Trinajstić information content (AvgIpc) is 3.39. The number of carbonyl (C=O) groups is 1. The number of hydrogen-bond donors (Lipinski definition) is 3. The standard InChI is InChI=1S/C23H29F2N6O7P/c1-13(19(32)35-5)30-39(34,38-15-9-7-6-8-10-15)36-11-23(25)20(33)22(3,24)21(37-23)31-12-27-16-17(26-4)28-14(2)29-18(16)31/h6-10,12-13,20-21,33H,11H2,1-5H3,(H,30,34)(H,26,28,29)/t13-,20+,21-,22-,23-,39-/m1/s1. The van der Waals surface area contributed by atoms with Gasteiger partial charge in [0, 0.05) is 7.05 Å². The van der Waals surface area contributed by atoms with Crippen molar-refractivity contribution in [1.82, 2.24) is 24.6 Å². The van der Waals surface area contributed by atoms with E-state index in [0.29, 0.717) is 11.6 Å². The third-order valence-corrected chi connectivity index (χ3v) is 7.69. The molecule has 212 valence electrons. The third kappa shape index (κ3) is 5.58. The fourth-order valence-corrected chi connectivity index (χ4v) is 5.59. The molecule has 4 rings (SSSR count). The van der Waals surface area contributed by atoms with Crippen molar-refractivity contribution in [2.75, 3.05) is 26.1 Å². The SMILES string of the molecule is CNc1nc(C)nc2c1ncn2[C@@H]1O[C@](F)(CO[P@](=O)(N[C@H](C)C(=O)OC)Oc2ccccc2)[C@@H](O)[C@@]1(C)F. The number of alkyl halides is 2. The minimum absolute atomic E-state index is 0.0691. The first-order valence-electron chi connectivity index (χ1n) is 11.8. The number of para-hydroxylation sites is 1. The Morgan fingerprint density at radius 3 is 2.64 bits per heavy atom. The summed E-state index contributed by atoms with van der Waals surface area (Å²) in [6, 6.07) is 6.56. The Morgan fingerprint density at radius 2 is 2.00 bits per heavy atom. The molecule has 0 bridgehead atoms. The van der Waals surface area contributed by atoms with Crippen molar-refractivity contribution in [3.05, 3.63) is 42.5 Å². The molecular weight excluding hydrogens is 541 g/mol. The van der Waals surface area contributed by atoms with Crippen LogP contribution in [0.5, 0.6) is 5.75 Å². The lowest BCUT2D eigenvalue weighted by molar-refractivity contribution is -0.202. The summed E-state index contributed by atoms with van der Waals surface area (Å²) in [7, 11) is -1.78. The second-order valence-electron chi connectivity index (χ2n) is 9.05. The predicted octanol–water partition coefficient (Wildman–Crippen LogP) is 2.81. The van der Waals surface area contributed by atoms with Crippen molar-refractivity contribution < 1.29 is 41.8 Å². The number of imidazole rings is 1. The van der Waals surface area contributed by atoms with Gasteiger partial charge < -0.3 is 24.4 Å². The normalized spacial score (nSPS) is 27.2. The smallest absolute Gasteiger partial charge is 0.459 e. The van der Waals surface area contributed by atoms with Crippen LogP contribution in [0.25, 0.3) is 11.2 Å². The van der Waals surface area contributed by atoms with Gasteiger partial charge >= 0.3 is 13.7 Å². The molecule has 1 aromatic carbocycles. The maximum atomic E-state index is 16.1. The summed E-state index contributed by atoms with van der Waals surface area (Å²) in [5.41, 5.74) is -2.32. The van der Waals surface area contributed by atoms with Crippen molar-refractivity contribution in [3.8, 4) is 5.75 Å². The van der Waals surface area contributed by atoms with E-state index in [1.807, 2.05) is 0 Å². The molecule has 3 aromatic rings. The summed E-state index contributed by atoms with van der Waals surface area (Å²) in [5, 5.41) is 15.9. The van der Waals surface area contributed by atoms with Gasteiger partial charge in [0.1, 0.15) is 24.2 Å². The Morgan fingerprint density at radius 1 is 1.31 bits per heavy atom. The van der Waals surface area contributed by atoms with E-state index in [9.17, 15) is 14.5 Å². The van der Waals surface area contributed by atoms with Crippen molar-refractivity contribution in [2.45, 2.75) is 50.7 Å². The number of fused-ring (bicyclic) bond motifs is 1. The van der Waals surface area contributed by atoms with E-state index in [2.05, 4.69) is 30.1 Å². The van der Waals surface area contributed by atoms with Gasteiger partial charge in [0.05, 0.1) is 13.4 Å². The van der Waals surface area contributed by atoms with Gasteiger partial charge in [0.25, 0.3) is 5.85 Å². The molecule has 6 atom stereocenters. The molecule has 0 aliphatic carbocycles. The van der Waals surface area contributed by atoms with Crippen LogP contribution in [0.3, 0.4) is 0 Å². The summed E-state index contributed by atoms with van der Waals surface area (Å²) in [6.45, 7) is 2.64. The number of anilines is 1. The first kappa shape index (κ1) is 28.8. The topological polar surface area (TPSA) is 159 Å². The Balaban J connectivity index is 1.62. The Kier molecular flexibility index (Phi) is 7.92. The van der Waals surface area contributed by atoms with Gasteiger partial charge in [-0.05, 0) is 32.9 Å².